The predicted octanol–water partition coefficient (Wildman–Crippen LogP) is 0.0108. The van der Waals surface area contributed by atoms with Gasteiger partial charge >= 0.3 is 6.03 Å². The number of carbonyl (C=O) groups is 1. The van der Waals surface area contributed by atoms with Crippen LogP contribution in [0.4, 0.5) is 4.79 Å². The summed E-state index contributed by atoms with van der Waals surface area (Å²) >= 11 is 0. The molecule has 128 valence electrons. The standard InChI is InChI=1S/C13H25N3O4S2/c1-21(18)13(6-4-7-13)10-14-12(17)15-11-5-3-8-16(9-11)22(2,19)20/h11H,3-10H2,1-2H3,(H2,14,15,17). The van der Waals surface area contributed by atoms with Gasteiger partial charge in [0.25, 0.3) is 0 Å². The van der Waals surface area contributed by atoms with Crippen LogP contribution in [-0.2, 0) is 20.8 Å². The van der Waals surface area contributed by atoms with Gasteiger partial charge in [-0.25, -0.2) is 17.5 Å². The molecular formula is C13H25N3O4S2. The third-order valence-electron chi connectivity index (χ3n) is 4.63. The van der Waals surface area contributed by atoms with Gasteiger partial charge in [-0.3, -0.25) is 4.21 Å². The molecule has 9 heteroatoms. The Kier molecular flexibility index (Phi) is 5.50. The van der Waals surface area contributed by atoms with Crippen LogP contribution < -0.4 is 10.6 Å². The molecule has 2 rings (SSSR count). The molecule has 1 aliphatic heterocycles. The molecule has 2 unspecified atom stereocenters. The number of hydrogen-bond acceptors (Lipinski definition) is 4. The third kappa shape index (κ3) is 4.20. The first kappa shape index (κ1) is 17.7. The minimum atomic E-state index is -3.21. The van der Waals surface area contributed by atoms with E-state index in [-0.39, 0.29) is 16.8 Å². The van der Waals surface area contributed by atoms with Crippen molar-refractivity contribution in [3.8, 4) is 0 Å². The molecule has 7 nitrogen and oxygen atoms in total. The Hall–Kier alpha value is -0.670. The molecule has 0 aromatic heterocycles. The summed E-state index contributed by atoms with van der Waals surface area (Å²) in [6.07, 6.45) is 7.18. The fourth-order valence-electron chi connectivity index (χ4n) is 2.98. The van der Waals surface area contributed by atoms with E-state index in [0.29, 0.717) is 19.6 Å². The van der Waals surface area contributed by atoms with Crippen molar-refractivity contribution in [3.63, 3.8) is 0 Å². The summed E-state index contributed by atoms with van der Waals surface area (Å²) < 4.78 is 36.0. The van der Waals surface area contributed by atoms with Gasteiger partial charge in [0.1, 0.15) is 0 Å². The Labute approximate surface area is 134 Å². The lowest BCUT2D eigenvalue weighted by atomic mass is 9.84. The lowest BCUT2D eigenvalue weighted by Crippen LogP contribution is -2.55. The van der Waals surface area contributed by atoms with Crippen molar-refractivity contribution in [2.45, 2.75) is 42.9 Å². The summed E-state index contributed by atoms with van der Waals surface area (Å²) in [5.41, 5.74) is 0. The molecule has 0 radical (unpaired) electrons. The number of piperidine rings is 1. The van der Waals surface area contributed by atoms with Crippen molar-refractivity contribution in [3.05, 3.63) is 0 Å². The Morgan fingerprint density at radius 3 is 2.55 bits per heavy atom. The minimum Gasteiger partial charge on any atom is -0.337 e. The first-order valence-corrected chi connectivity index (χ1v) is 11.0. The van der Waals surface area contributed by atoms with Crippen LogP contribution >= 0.6 is 0 Å². The summed E-state index contributed by atoms with van der Waals surface area (Å²) in [7, 11) is -4.17. The van der Waals surface area contributed by atoms with Crippen molar-refractivity contribution in [2.24, 2.45) is 0 Å². The fourth-order valence-corrected chi connectivity index (χ4v) is 5.03. The minimum absolute atomic E-state index is 0.173. The summed E-state index contributed by atoms with van der Waals surface area (Å²) in [4.78, 5) is 12.0. The normalized spacial score (nSPS) is 26.7. The topological polar surface area (TPSA) is 95.6 Å². The van der Waals surface area contributed by atoms with Crippen molar-refractivity contribution in [1.82, 2.24) is 14.9 Å². The Morgan fingerprint density at radius 1 is 1.36 bits per heavy atom. The molecule has 2 atom stereocenters. The van der Waals surface area contributed by atoms with E-state index in [1.54, 1.807) is 6.26 Å². The van der Waals surface area contributed by atoms with E-state index in [2.05, 4.69) is 10.6 Å². The Balaban J connectivity index is 1.81. The highest BCUT2D eigenvalue weighted by Gasteiger charge is 2.41. The maximum absolute atomic E-state index is 12.0. The van der Waals surface area contributed by atoms with E-state index in [1.807, 2.05) is 0 Å². The van der Waals surface area contributed by atoms with Crippen LogP contribution in [0.2, 0.25) is 0 Å². The van der Waals surface area contributed by atoms with Gasteiger partial charge < -0.3 is 10.6 Å². The Morgan fingerprint density at radius 2 is 2.05 bits per heavy atom. The quantitative estimate of drug-likeness (QED) is 0.729. The van der Waals surface area contributed by atoms with E-state index >= 15 is 0 Å². The van der Waals surface area contributed by atoms with Crippen molar-refractivity contribution in [2.75, 3.05) is 32.1 Å². The van der Waals surface area contributed by atoms with Crippen molar-refractivity contribution in [1.29, 1.82) is 0 Å². The second kappa shape index (κ2) is 6.84. The van der Waals surface area contributed by atoms with E-state index in [9.17, 15) is 17.4 Å². The van der Waals surface area contributed by atoms with Gasteiger partial charge in [-0.2, -0.15) is 0 Å². The number of amides is 2. The molecule has 2 fully saturated rings. The van der Waals surface area contributed by atoms with Crippen LogP contribution in [0.25, 0.3) is 0 Å². The van der Waals surface area contributed by atoms with E-state index in [0.717, 1.165) is 32.1 Å². The van der Waals surface area contributed by atoms with Crippen LogP contribution in [0.3, 0.4) is 0 Å². The summed E-state index contributed by atoms with van der Waals surface area (Å²) in [5, 5.41) is 5.62. The molecule has 0 spiro atoms. The first-order chi connectivity index (χ1) is 10.2. The number of nitrogens with zero attached hydrogens (tertiary/aromatic N) is 1. The highest BCUT2D eigenvalue weighted by molar-refractivity contribution is 7.88. The molecule has 1 heterocycles. The van der Waals surface area contributed by atoms with Gasteiger partial charge in [0.15, 0.2) is 0 Å². The average Bonchev–Trinajstić information content (AvgIpc) is 2.36. The molecule has 22 heavy (non-hydrogen) atoms. The average molecular weight is 351 g/mol. The van der Waals surface area contributed by atoms with Gasteiger partial charge in [-0.15, -0.1) is 0 Å². The number of sulfonamides is 1. The molecule has 0 aromatic carbocycles. The Bertz CT molecular complexity index is 545. The monoisotopic (exact) mass is 351 g/mol. The van der Waals surface area contributed by atoms with Gasteiger partial charge in [0, 0.05) is 42.7 Å². The van der Waals surface area contributed by atoms with Crippen LogP contribution in [0, 0.1) is 0 Å². The van der Waals surface area contributed by atoms with Crippen LogP contribution in [-0.4, -0.2) is 65.9 Å². The van der Waals surface area contributed by atoms with Gasteiger partial charge in [0.05, 0.1) is 11.0 Å². The predicted molar refractivity (Wildman–Crippen MR) is 86.6 cm³/mol. The largest absolute Gasteiger partial charge is 0.337 e. The van der Waals surface area contributed by atoms with Crippen LogP contribution in [0.1, 0.15) is 32.1 Å². The third-order valence-corrected chi connectivity index (χ3v) is 7.68. The molecule has 1 saturated carbocycles. The highest BCUT2D eigenvalue weighted by atomic mass is 32.2. The summed E-state index contributed by atoms with van der Waals surface area (Å²) in [6.45, 7) is 1.23. The van der Waals surface area contributed by atoms with Crippen molar-refractivity contribution < 1.29 is 17.4 Å². The zero-order chi connectivity index (χ0) is 16.4. The fraction of sp³-hybridized carbons (Fsp3) is 0.923. The van der Waals surface area contributed by atoms with E-state index < -0.39 is 20.8 Å². The van der Waals surface area contributed by atoms with Gasteiger partial charge in [-0.05, 0) is 25.7 Å². The second-order valence-corrected chi connectivity index (χ2v) is 10.0. The maximum atomic E-state index is 12.0. The molecule has 0 aromatic rings. The maximum Gasteiger partial charge on any atom is 0.315 e. The van der Waals surface area contributed by atoms with Gasteiger partial charge in [0.2, 0.25) is 10.0 Å². The van der Waals surface area contributed by atoms with Gasteiger partial charge in [-0.1, -0.05) is 6.42 Å². The van der Waals surface area contributed by atoms with E-state index in [4.69, 9.17) is 0 Å². The zero-order valence-electron chi connectivity index (χ0n) is 13.1. The van der Waals surface area contributed by atoms with Crippen molar-refractivity contribution >= 4 is 26.9 Å². The second-order valence-electron chi connectivity index (χ2n) is 6.28. The number of nitrogens with one attached hydrogen (secondary N) is 2. The first-order valence-electron chi connectivity index (χ1n) is 7.56. The number of urea groups is 1. The highest BCUT2D eigenvalue weighted by Crippen LogP contribution is 2.36. The smallest absolute Gasteiger partial charge is 0.315 e. The molecule has 1 aliphatic carbocycles. The zero-order valence-corrected chi connectivity index (χ0v) is 14.8. The van der Waals surface area contributed by atoms with E-state index in [1.165, 1.54) is 10.6 Å². The molecule has 0 bridgehead atoms. The lowest BCUT2D eigenvalue weighted by molar-refractivity contribution is 0.222. The molecule has 1 saturated heterocycles. The lowest BCUT2D eigenvalue weighted by Gasteiger charge is -2.40. The molecule has 2 amide bonds. The van der Waals surface area contributed by atoms with Crippen LogP contribution in [0.15, 0.2) is 0 Å². The molecule has 2 aliphatic rings. The summed E-state index contributed by atoms with van der Waals surface area (Å²) in [6, 6.07) is -0.481. The molecule has 2 N–H and O–H groups in total. The summed E-state index contributed by atoms with van der Waals surface area (Å²) in [5.74, 6) is 0. The number of rotatable bonds is 5. The SMILES string of the molecule is CS(=O)C1(CNC(=O)NC2CCCN(S(C)(=O)=O)C2)CCC1. The molecular weight excluding hydrogens is 326 g/mol. The number of carbonyl (C=O) groups excluding carboxylic acids is 1. The number of hydrogen-bond donors (Lipinski definition) is 2. The van der Waals surface area contributed by atoms with Crippen LogP contribution in [0.5, 0.6) is 0 Å².